The maximum atomic E-state index is 9.88. The molecule has 88 valence electrons. The first-order valence-electron chi connectivity index (χ1n) is 4.09. The molecule has 0 fully saturated rings. The standard InChI is InChI=1S/2C4H6N2O2/c1-3(4(7)8)6-2-5;5-2-1-3(6)4(7)8/h3,6H,1H3,(H,7,8);3H,1,6H2,(H,7,8)/t3-;/m0./s1. The topological polar surface area (TPSA) is 160 Å². The van der Waals surface area contributed by atoms with Crippen molar-refractivity contribution in [1.82, 2.24) is 5.32 Å². The van der Waals surface area contributed by atoms with Crippen LogP contribution >= 0.6 is 0 Å². The summed E-state index contributed by atoms with van der Waals surface area (Å²) < 4.78 is 0. The van der Waals surface area contributed by atoms with Crippen LogP contribution in [0.4, 0.5) is 0 Å². The van der Waals surface area contributed by atoms with Gasteiger partial charge in [-0.2, -0.15) is 10.5 Å². The fraction of sp³-hybridized carbons (Fsp3) is 0.500. The molecule has 8 heteroatoms. The zero-order valence-corrected chi connectivity index (χ0v) is 8.54. The molecule has 0 radical (unpaired) electrons. The molecule has 2 atom stereocenters. The normalized spacial score (nSPS) is 11.8. The monoisotopic (exact) mass is 228 g/mol. The molecule has 0 saturated heterocycles. The van der Waals surface area contributed by atoms with E-state index in [0.29, 0.717) is 0 Å². The van der Waals surface area contributed by atoms with E-state index in [0.717, 1.165) is 0 Å². The molecule has 0 aliphatic carbocycles. The zero-order chi connectivity index (χ0) is 13.1. The number of nitrogens with one attached hydrogen (secondary N) is 1. The molecule has 1 unspecified atom stereocenters. The van der Waals surface area contributed by atoms with Gasteiger partial charge in [-0.15, -0.1) is 0 Å². The lowest BCUT2D eigenvalue weighted by molar-refractivity contribution is -0.139. The van der Waals surface area contributed by atoms with Crippen molar-refractivity contribution in [3.05, 3.63) is 0 Å². The number of carboxylic acids is 2. The van der Waals surface area contributed by atoms with Gasteiger partial charge in [0.1, 0.15) is 12.1 Å². The minimum atomic E-state index is -1.13. The molecule has 0 aromatic carbocycles. The molecular formula is C8H12N4O4. The van der Waals surface area contributed by atoms with Gasteiger partial charge in [-0.25, -0.2) is 4.79 Å². The van der Waals surface area contributed by atoms with Gasteiger partial charge in [-0.05, 0) is 6.92 Å². The molecule has 5 N–H and O–H groups in total. The van der Waals surface area contributed by atoms with Crippen LogP contribution in [0.2, 0.25) is 0 Å². The molecule has 8 nitrogen and oxygen atoms in total. The van der Waals surface area contributed by atoms with Gasteiger partial charge < -0.3 is 21.3 Å². The molecule has 0 amide bonds. The Morgan fingerprint density at radius 3 is 2.00 bits per heavy atom. The van der Waals surface area contributed by atoms with Gasteiger partial charge >= 0.3 is 11.9 Å². The summed E-state index contributed by atoms with van der Waals surface area (Å²) in [5, 5.41) is 33.9. The van der Waals surface area contributed by atoms with Gasteiger partial charge in [0.25, 0.3) is 0 Å². The zero-order valence-electron chi connectivity index (χ0n) is 8.54. The molecule has 0 bridgehead atoms. The van der Waals surface area contributed by atoms with Crippen molar-refractivity contribution in [2.45, 2.75) is 25.4 Å². The summed E-state index contributed by atoms with van der Waals surface area (Å²) in [4.78, 5) is 19.7. The Labute approximate surface area is 91.9 Å². The molecule has 0 aromatic heterocycles. The Balaban J connectivity index is 0. The highest BCUT2D eigenvalue weighted by molar-refractivity contribution is 5.73. The lowest BCUT2D eigenvalue weighted by Crippen LogP contribution is -2.29. The van der Waals surface area contributed by atoms with Gasteiger partial charge in [0, 0.05) is 0 Å². The number of rotatable bonds is 4. The van der Waals surface area contributed by atoms with E-state index in [2.05, 4.69) is 5.32 Å². The van der Waals surface area contributed by atoms with Crippen LogP contribution in [0.3, 0.4) is 0 Å². The molecule has 0 saturated carbocycles. The molecule has 0 aliphatic rings. The number of aliphatic carboxylic acids is 2. The van der Waals surface area contributed by atoms with E-state index < -0.39 is 24.0 Å². The fourth-order valence-corrected chi connectivity index (χ4v) is 0.344. The third-order valence-corrected chi connectivity index (χ3v) is 1.28. The average molecular weight is 228 g/mol. The first-order valence-corrected chi connectivity index (χ1v) is 4.09. The lowest BCUT2D eigenvalue weighted by Gasteiger charge is -1.98. The van der Waals surface area contributed by atoms with Crippen LogP contribution in [-0.4, -0.2) is 34.2 Å². The number of hydrogen-bond donors (Lipinski definition) is 4. The van der Waals surface area contributed by atoms with Crippen LogP contribution < -0.4 is 11.1 Å². The number of nitriles is 2. The van der Waals surface area contributed by atoms with E-state index >= 15 is 0 Å². The van der Waals surface area contributed by atoms with Crippen molar-refractivity contribution in [1.29, 1.82) is 10.5 Å². The second kappa shape index (κ2) is 9.24. The third kappa shape index (κ3) is 9.77. The fourth-order valence-electron chi connectivity index (χ4n) is 0.344. The number of carbonyl (C=O) groups is 2. The van der Waals surface area contributed by atoms with Crippen LogP contribution in [0.15, 0.2) is 0 Å². The highest BCUT2D eigenvalue weighted by Gasteiger charge is 2.08. The second-order valence-electron chi connectivity index (χ2n) is 2.62. The van der Waals surface area contributed by atoms with Gasteiger partial charge in [0.2, 0.25) is 0 Å². The Morgan fingerprint density at radius 1 is 1.38 bits per heavy atom. The summed E-state index contributed by atoms with van der Waals surface area (Å²) in [6.45, 7) is 1.39. The number of hydrogen-bond acceptors (Lipinski definition) is 6. The highest BCUT2D eigenvalue weighted by Crippen LogP contribution is 1.82. The summed E-state index contributed by atoms with van der Waals surface area (Å²) in [7, 11) is 0. The van der Waals surface area contributed by atoms with Crippen molar-refractivity contribution in [3.63, 3.8) is 0 Å². The summed E-state index contributed by atoms with van der Waals surface area (Å²) in [6, 6.07) is -0.163. The second-order valence-corrected chi connectivity index (χ2v) is 2.62. The van der Waals surface area contributed by atoms with Crippen LogP contribution in [0.1, 0.15) is 13.3 Å². The number of carboxylic acid groups (broad SMARTS) is 2. The molecule has 16 heavy (non-hydrogen) atoms. The number of nitrogens with two attached hydrogens (primary N) is 1. The predicted octanol–water partition coefficient (Wildman–Crippen LogP) is -1.16. The third-order valence-electron chi connectivity index (χ3n) is 1.28. The van der Waals surface area contributed by atoms with Crippen molar-refractivity contribution in [3.8, 4) is 12.3 Å². The summed E-state index contributed by atoms with van der Waals surface area (Å²) >= 11 is 0. The summed E-state index contributed by atoms with van der Waals surface area (Å²) in [5.41, 5.74) is 4.90. The van der Waals surface area contributed by atoms with Gasteiger partial charge in [-0.3, -0.25) is 4.79 Å². The molecule has 0 aliphatic heterocycles. The Bertz CT molecular complexity index is 285. The molecule has 0 spiro atoms. The van der Waals surface area contributed by atoms with Gasteiger partial charge in [0.05, 0.1) is 12.5 Å². The molecular weight excluding hydrogens is 216 g/mol. The van der Waals surface area contributed by atoms with Crippen LogP contribution in [0.5, 0.6) is 0 Å². The molecule has 0 aromatic rings. The lowest BCUT2D eigenvalue weighted by atomic mass is 10.2. The smallest absolute Gasteiger partial charge is 0.326 e. The maximum absolute atomic E-state index is 9.88. The predicted molar refractivity (Wildman–Crippen MR) is 51.7 cm³/mol. The average Bonchev–Trinajstić information content (AvgIpc) is 2.19. The molecule has 0 heterocycles. The van der Waals surface area contributed by atoms with Crippen molar-refractivity contribution < 1.29 is 19.8 Å². The van der Waals surface area contributed by atoms with Crippen molar-refractivity contribution in [2.75, 3.05) is 0 Å². The van der Waals surface area contributed by atoms with Crippen LogP contribution in [0.25, 0.3) is 0 Å². The van der Waals surface area contributed by atoms with Crippen LogP contribution in [-0.2, 0) is 9.59 Å². The van der Waals surface area contributed by atoms with Gasteiger partial charge in [0.15, 0.2) is 6.19 Å². The summed E-state index contributed by atoms with van der Waals surface area (Å²) in [6.07, 6.45) is 1.39. The van der Waals surface area contributed by atoms with Crippen molar-refractivity contribution >= 4 is 11.9 Å². The molecule has 0 rings (SSSR count). The summed E-state index contributed by atoms with van der Waals surface area (Å²) in [5.74, 6) is -2.15. The van der Waals surface area contributed by atoms with E-state index in [-0.39, 0.29) is 6.42 Å². The number of nitrogens with zero attached hydrogens (tertiary/aromatic N) is 2. The van der Waals surface area contributed by atoms with E-state index in [9.17, 15) is 9.59 Å². The largest absolute Gasteiger partial charge is 0.480 e. The SMILES string of the molecule is C[C@H](NC#N)C(=O)O.N#CCC(N)C(=O)O. The Morgan fingerprint density at radius 2 is 1.88 bits per heavy atom. The van der Waals surface area contributed by atoms with E-state index in [1.165, 1.54) is 13.1 Å². The minimum Gasteiger partial charge on any atom is -0.480 e. The maximum Gasteiger partial charge on any atom is 0.326 e. The Kier molecular flexibility index (Phi) is 9.31. The van der Waals surface area contributed by atoms with E-state index in [4.69, 9.17) is 26.5 Å². The Hall–Kier alpha value is -2.32. The van der Waals surface area contributed by atoms with Gasteiger partial charge in [-0.1, -0.05) is 0 Å². The van der Waals surface area contributed by atoms with E-state index in [1.807, 2.05) is 0 Å². The van der Waals surface area contributed by atoms with E-state index in [1.54, 1.807) is 6.07 Å². The van der Waals surface area contributed by atoms with Crippen molar-refractivity contribution in [2.24, 2.45) is 5.73 Å². The van der Waals surface area contributed by atoms with Crippen LogP contribution in [0, 0.1) is 22.8 Å². The first kappa shape index (κ1) is 16.1. The quantitative estimate of drug-likeness (QED) is 0.346. The first-order chi connectivity index (χ1) is 7.36. The minimum absolute atomic E-state index is 0.130. The highest BCUT2D eigenvalue weighted by atomic mass is 16.4.